The first-order valence-electron chi connectivity index (χ1n) is 16.1. The maximum Gasteiger partial charge on any atom is 0.417 e. The molecule has 10 nitrogen and oxygen atoms in total. The molecule has 2 aliphatic heterocycles. The molecule has 1 N–H and O–H groups in total. The van der Waals surface area contributed by atoms with Gasteiger partial charge in [0.1, 0.15) is 6.33 Å². The number of carbonyl (C=O) groups is 1. The van der Waals surface area contributed by atoms with Crippen LogP contribution in [0, 0.1) is 12.7 Å². The van der Waals surface area contributed by atoms with E-state index in [1.54, 1.807) is 30.0 Å². The van der Waals surface area contributed by atoms with Crippen LogP contribution >= 0.6 is 11.6 Å². The van der Waals surface area contributed by atoms with Gasteiger partial charge in [-0.2, -0.15) is 0 Å². The van der Waals surface area contributed by atoms with Gasteiger partial charge in [0.25, 0.3) is 5.56 Å². The molecule has 1 amide bonds. The molecule has 1 fully saturated rings. The lowest BCUT2D eigenvalue weighted by Gasteiger charge is -2.43. The Morgan fingerprint density at radius 1 is 1.10 bits per heavy atom. The molecule has 2 unspecified atom stereocenters. The largest absolute Gasteiger partial charge is 0.417 e. The van der Waals surface area contributed by atoms with E-state index in [1.165, 1.54) is 17.0 Å². The number of nitrogens with zero attached hydrogens (tertiary/aromatic N) is 5. The van der Waals surface area contributed by atoms with Crippen LogP contribution in [-0.2, 0) is 11.2 Å². The van der Waals surface area contributed by atoms with Crippen LogP contribution in [0.15, 0.2) is 51.2 Å². The topological polar surface area (TPSA) is 117 Å². The lowest BCUT2D eigenvalue weighted by Crippen LogP contribution is -2.57. The smallest absolute Gasteiger partial charge is 0.407 e. The van der Waals surface area contributed by atoms with Gasteiger partial charge in [0.05, 0.1) is 44.9 Å². The summed E-state index contributed by atoms with van der Waals surface area (Å²) < 4.78 is 24.8. The Morgan fingerprint density at radius 3 is 2.44 bits per heavy atom. The van der Waals surface area contributed by atoms with E-state index in [0.29, 0.717) is 69.9 Å². The molecule has 5 aromatic rings. The molecule has 0 spiro atoms. The van der Waals surface area contributed by atoms with Crippen molar-refractivity contribution in [2.45, 2.75) is 71.9 Å². The van der Waals surface area contributed by atoms with Crippen LogP contribution in [0.4, 0.5) is 10.1 Å². The number of carbonyl (C=O) groups excluding carboxylic acids is 1. The number of oxazole rings is 1. The van der Waals surface area contributed by atoms with Crippen molar-refractivity contribution in [1.82, 2.24) is 24.4 Å². The first kappa shape index (κ1) is 31.8. The Hall–Kier alpha value is -4.77. The highest BCUT2D eigenvalue weighted by molar-refractivity contribution is 6.35. The van der Waals surface area contributed by atoms with Crippen molar-refractivity contribution < 1.29 is 13.6 Å². The van der Waals surface area contributed by atoms with Gasteiger partial charge >= 0.3 is 5.76 Å². The number of hydrogen-bond acceptors (Lipinski definition) is 7. The number of aromatic amines is 1. The summed E-state index contributed by atoms with van der Waals surface area (Å²) in [5.41, 5.74) is 3.95. The molecule has 248 valence electrons. The second kappa shape index (κ2) is 11.4. The monoisotopic (exact) mass is 670 g/mol. The van der Waals surface area contributed by atoms with E-state index in [9.17, 15) is 9.59 Å². The second-order valence-electron chi connectivity index (χ2n) is 13.4. The number of amides is 1. The van der Waals surface area contributed by atoms with Gasteiger partial charge < -0.3 is 14.2 Å². The minimum absolute atomic E-state index is 0.0153. The summed E-state index contributed by atoms with van der Waals surface area (Å²) in [6.45, 7) is 16.1. The molecule has 48 heavy (non-hydrogen) atoms. The highest BCUT2D eigenvalue weighted by Gasteiger charge is 2.42. The maximum absolute atomic E-state index is 17.8. The highest BCUT2D eigenvalue weighted by Crippen LogP contribution is 2.46. The Kier molecular flexibility index (Phi) is 7.58. The molecule has 12 heteroatoms. The minimum Gasteiger partial charge on any atom is -0.407 e. The fraction of sp³-hybridized carbons (Fsp3) is 0.361. The number of halogens is 2. The van der Waals surface area contributed by atoms with Gasteiger partial charge in [-0.3, -0.25) is 19.1 Å². The normalized spacial score (nSPS) is 17.5. The molecule has 2 aliphatic rings. The highest BCUT2D eigenvalue weighted by atomic mass is 35.5. The number of nitrogens with one attached hydrogen (secondary N) is 1. The molecule has 2 aromatic carbocycles. The van der Waals surface area contributed by atoms with Gasteiger partial charge in [-0.15, -0.1) is 0 Å². The maximum atomic E-state index is 17.8. The fourth-order valence-corrected chi connectivity index (χ4v) is 7.80. The van der Waals surface area contributed by atoms with E-state index in [4.69, 9.17) is 16.0 Å². The molecule has 0 radical (unpaired) electrons. The molecule has 0 bridgehead atoms. The van der Waals surface area contributed by atoms with Crippen molar-refractivity contribution in [2.24, 2.45) is 0 Å². The molecule has 5 heterocycles. The minimum atomic E-state index is -0.734. The number of benzene rings is 2. The molecular weight excluding hydrogens is 635 g/mol. The van der Waals surface area contributed by atoms with Crippen molar-refractivity contribution in [2.75, 3.05) is 18.0 Å². The van der Waals surface area contributed by atoms with E-state index in [2.05, 4.69) is 26.4 Å². The van der Waals surface area contributed by atoms with Crippen molar-refractivity contribution in [3.63, 3.8) is 0 Å². The van der Waals surface area contributed by atoms with E-state index in [-0.39, 0.29) is 57.1 Å². The quantitative estimate of drug-likeness (QED) is 0.216. The fourth-order valence-electron chi connectivity index (χ4n) is 7.51. The first-order chi connectivity index (χ1) is 22.8. The number of rotatable bonds is 5. The van der Waals surface area contributed by atoms with Gasteiger partial charge in [0.2, 0.25) is 5.91 Å². The van der Waals surface area contributed by atoms with Gasteiger partial charge in [0.15, 0.2) is 11.4 Å². The number of hydrogen-bond donors (Lipinski definition) is 1. The van der Waals surface area contributed by atoms with Crippen molar-refractivity contribution in [3.8, 4) is 16.8 Å². The summed E-state index contributed by atoms with van der Waals surface area (Å²) in [7, 11) is 0. The van der Waals surface area contributed by atoms with Gasteiger partial charge in [-0.05, 0) is 49.5 Å². The van der Waals surface area contributed by atoms with Gasteiger partial charge in [-0.1, -0.05) is 51.9 Å². The Labute approximate surface area is 280 Å². The van der Waals surface area contributed by atoms with Crippen LogP contribution < -0.4 is 16.2 Å². The average molecular weight is 671 g/mol. The third kappa shape index (κ3) is 4.62. The van der Waals surface area contributed by atoms with Crippen LogP contribution in [0.25, 0.3) is 38.8 Å². The summed E-state index contributed by atoms with van der Waals surface area (Å²) in [6, 6.07) is 4.76. The van der Waals surface area contributed by atoms with E-state index < -0.39 is 11.6 Å². The summed E-state index contributed by atoms with van der Waals surface area (Å²) in [6.07, 6.45) is 3.14. The van der Waals surface area contributed by atoms with Crippen molar-refractivity contribution in [3.05, 3.63) is 91.4 Å². The lowest BCUT2D eigenvalue weighted by atomic mass is 9.95. The van der Waals surface area contributed by atoms with Crippen LogP contribution in [0.1, 0.15) is 69.0 Å². The second-order valence-corrected chi connectivity index (χ2v) is 13.8. The zero-order chi connectivity index (χ0) is 34.3. The lowest BCUT2D eigenvalue weighted by molar-refractivity contribution is -0.128. The van der Waals surface area contributed by atoms with E-state index in [1.807, 2.05) is 34.6 Å². The molecule has 1 saturated heterocycles. The molecular formula is C36H36ClFN6O4. The standard InChI is InChI=1S/C36H36ClFN6O4/c1-8-25(45)42-14-20-11-22-31(43(20)13-19(42)7)21-12-23(37)27(26-18(6)9-10-24-34(26)48-36(47)41-24)28(38)32(21)44(35(22)46)33-29(16(2)3)39-15-40-30(33)17(4)5/h8-10,12,15-17,19-20H,1,11,13-14H2,2-7H3,(H,41,47). The number of fused-ring (bicyclic) bond motifs is 6. The SMILES string of the molecule is C=CC(=O)N1CC2Cc3c(c4cc(Cl)c(-c5c(C)ccc6[nH]c(=O)oc56)c(F)c4n(-c4c(C(C)C)ncnc4C(C)C)c3=O)N2CC1C. The number of aryl methyl sites for hydroxylation is 1. The van der Waals surface area contributed by atoms with Gasteiger partial charge in [0, 0.05) is 47.6 Å². The Bertz CT molecular complexity index is 2280. The van der Waals surface area contributed by atoms with Crippen LogP contribution in [-0.4, -0.2) is 55.5 Å². The Balaban J connectivity index is 1.63. The summed E-state index contributed by atoms with van der Waals surface area (Å²) >= 11 is 7.05. The third-order valence-corrected chi connectivity index (χ3v) is 9.99. The predicted molar refractivity (Wildman–Crippen MR) is 185 cm³/mol. The zero-order valence-corrected chi connectivity index (χ0v) is 28.4. The first-order valence-corrected chi connectivity index (χ1v) is 16.5. The van der Waals surface area contributed by atoms with E-state index in [0.717, 1.165) is 0 Å². The molecule has 0 aliphatic carbocycles. The zero-order valence-electron chi connectivity index (χ0n) is 27.6. The number of H-pyrrole nitrogens is 1. The predicted octanol–water partition coefficient (Wildman–Crippen LogP) is 6.38. The third-order valence-electron chi connectivity index (χ3n) is 9.69. The van der Waals surface area contributed by atoms with Crippen LogP contribution in [0.3, 0.4) is 0 Å². The van der Waals surface area contributed by atoms with Crippen molar-refractivity contribution >= 4 is 45.2 Å². The van der Waals surface area contributed by atoms with Crippen LogP contribution in [0.2, 0.25) is 5.02 Å². The number of piperazine rings is 1. The number of anilines is 1. The number of pyridine rings is 1. The van der Waals surface area contributed by atoms with Crippen molar-refractivity contribution in [1.29, 1.82) is 0 Å². The average Bonchev–Trinajstić information content (AvgIpc) is 3.61. The molecule has 0 saturated carbocycles. The van der Waals surface area contributed by atoms with E-state index >= 15 is 9.18 Å². The van der Waals surface area contributed by atoms with Gasteiger partial charge in [-0.25, -0.2) is 19.2 Å². The van der Waals surface area contributed by atoms with Crippen LogP contribution in [0.5, 0.6) is 0 Å². The summed E-state index contributed by atoms with van der Waals surface area (Å²) in [4.78, 5) is 55.8. The summed E-state index contributed by atoms with van der Waals surface area (Å²) in [5, 5.41) is 0.559. The summed E-state index contributed by atoms with van der Waals surface area (Å²) in [5.74, 6) is -1.84. The molecule has 2 atom stereocenters. The molecule has 7 rings (SSSR count). The Morgan fingerprint density at radius 2 is 1.79 bits per heavy atom. The number of aromatic nitrogens is 4. The molecule has 3 aromatic heterocycles.